The normalized spacial score (nSPS) is 20.2. The molecule has 0 aliphatic carbocycles. The number of hydrogen-bond donors (Lipinski definition) is 1. The van der Waals surface area contributed by atoms with Gasteiger partial charge in [0.05, 0.1) is 11.4 Å². The number of sulfone groups is 1. The van der Waals surface area contributed by atoms with Gasteiger partial charge in [-0.1, -0.05) is 12.5 Å². The standard InChI is InChI=1S/C15H22N2O3S/c1-12-6-3-4-9-17(12)11-15(18)16-13-7-5-8-14(10-13)21(2,19)20/h5,7-8,10,12H,3-4,6,9,11H2,1-2H3,(H,16,18)/t12-/m0/s1. The van der Waals surface area contributed by atoms with Crippen LogP contribution in [0.25, 0.3) is 0 Å². The molecule has 116 valence electrons. The zero-order valence-electron chi connectivity index (χ0n) is 12.5. The molecule has 1 aromatic carbocycles. The van der Waals surface area contributed by atoms with E-state index >= 15 is 0 Å². The Labute approximate surface area is 126 Å². The quantitative estimate of drug-likeness (QED) is 0.922. The zero-order chi connectivity index (χ0) is 15.5. The number of piperidine rings is 1. The van der Waals surface area contributed by atoms with Gasteiger partial charge < -0.3 is 5.32 Å². The maximum Gasteiger partial charge on any atom is 0.238 e. The van der Waals surface area contributed by atoms with Crippen molar-refractivity contribution in [2.24, 2.45) is 0 Å². The third-order valence-electron chi connectivity index (χ3n) is 3.83. The number of benzene rings is 1. The van der Waals surface area contributed by atoms with Crippen molar-refractivity contribution in [1.82, 2.24) is 4.90 Å². The van der Waals surface area contributed by atoms with Gasteiger partial charge in [0.15, 0.2) is 9.84 Å². The molecule has 1 heterocycles. The fraction of sp³-hybridized carbons (Fsp3) is 0.533. The van der Waals surface area contributed by atoms with Crippen LogP contribution in [0.4, 0.5) is 5.69 Å². The largest absolute Gasteiger partial charge is 0.325 e. The summed E-state index contributed by atoms with van der Waals surface area (Å²) in [5.74, 6) is -0.102. The lowest BCUT2D eigenvalue weighted by molar-refractivity contribution is -0.118. The van der Waals surface area contributed by atoms with Crippen molar-refractivity contribution in [3.63, 3.8) is 0 Å². The van der Waals surface area contributed by atoms with E-state index in [2.05, 4.69) is 17.1 Å². The van der Waals surface area contributed by atoms with Gasteiger partial charge in [-0.05, 0) is 44.5 Å². The number of anilines is 1. The lowest BCUT2D eigenvalue weighted by atomic mass is 10.0. The second-order valence-corrected chi connectivity index (χ2v) is 7.68. The fourth-order valence-corrected chi connectivity index (χ4v) is 3.25. The van der Waals surface area contributed by atoms with E-state index in [0.29, 0.717) is 18.3 Å². The summed E-state index contributed by atoms with van der Waals surface area (Å²) in [7, 11) is -3.26. The Balaban J connectivity index is 1.99. The number of hydrogen-bond acceptors (Lipinski definition) is 4. The highest BCUT2D eigenvalue weighted by atomic mass is 32.2. The van der Waals surface area contributed by atoms with E-state index in [1.54, 1.807) is 12.1 Å². The van der Waals surface area contributed by atoms with E-state index in [4.69, 9.17) is 0 Å². The first-order valence-electron chi connectivity index (χ1n) is 7.20. The maximum absolute atomic E-state index is 12.1. The van der Waals surface area contributed by atoms with Gasteiger partial charge in [-0.2, -0.15) is 0 Å². The summed E-state index contributed by atoms with van der Waals surface area (Å²) in [5, 5.41) is 2.78. The topological polar surface area (TPSA) is 66.5 Å². The van der Waals surface area contributed by atoms with Crippen LogP contribution in [0.3, 0.4) is 0 Å². The number of rotatable bonds is 4. The third kappa shape index (κ3) is 4.54. The van der Waals surface area contributed by atoms with E-state index < -0.39 is 9.84 Å². The molecule has 21 heavy (non-hydrogen) atoms. The molecule has 1 amide bonds. The third-order valence-corrected chi connectivity index (χ3v) is 4.94. The predicted octanol–water partition coefficient (Wildman–Crippen LogP) is 1.90. The van der Waals surface area contributed by atoms with E-state index in [1.165, 1.54) is 18.6 Å². The van der Waals surface area contributed by atoms with Crippen molar-refractivity contribution in [2.45, 2.75) is 37.1 Å². The molecular weight excluding hydrogens is 288 g/mol. The summed E-state index contributed by atoms with van der Waals surface area (Å²) < 4.78 is 23.0. The van der Waals surface area contributed by atoms with E-state index in [0.717, 1.165) is 25.6 Å². The van der Waals surface area contributed by atoms with Crippen molar-refractivity contribution in [3.8, 4) is 0 Å². The van der Waals surface area contributed by atoms with Crippen molar-refractivity contribution in [2.75, 3.05) is 24.7 Å². The highest BCUT2D eigenvalue weighted by Gasteiger charge is 2.20. The first kappa shape index (κ1) is 16.0. The summed E-state index contributed by atoms with van der Waals surface area (Å²) in [5.41, 5.74) is 0.521. The van der Waals surface area contributed by atoms with E-state index in [9.17, 15) is 13.2 Å². The average Bonchev–Trinajstić information content (AvgIpc) is 2.41. The van der Waals surface area contributed by atoms with E-state index in [1.807, 2.05) is 0 Å². The van der Waals surface area contributed by atoms with Crippen LogP contribution in [0, 0.1) is 0 Å². The second-order valence-electron chi connectivity index (χ2n) is 5.66. The Bertz CT molecular complexity index is 613. The molecule has 5 nitrogen and oxygen atoms in total. The summed E-state index contributed by atoms with van der Waals surface area (Å²) in [4.78, 5) is 14.5. The van der Waals surface area contributed by atoms with Gasteiger partial charge in [-0.3, -0.25) is 9.69 Å². The van der Waals surface area contributed by atoms with Crippen LogP contribution in [0.2, 0.25) is 0 Å². The molecule has 0 spiro atoms. The van der Waals surface area contributed by atoms with Gasteiger partial charge >= 0.3 is 0 Å². The van der Waals surface area contributed by atoms with Crippen LogP contribution in [0.5, 0.6) is 0 Å². The molecule has 1 aliphatic rings. The predicted molar refractivity (Wildman–Crippen MR) is 83.1 cm³/mol. The first-order valence-corrected chi connectivity index (χ1v) is 9.09. The van der Waals surface area contributed by atoms with Gasteiger partial charge in [0.25, 0.3) is 0 Å². The molecule has 0 unspecified atom stereocenters. The minimum Gasteiger partial charge on any atom is -0.325 e. The number of likely N-dealkylation sites (tertiary alicyclic amines) is 1. The molecule has 0 radical (unpaired) electrons. The fourth-order valence-electron chi connectivity index (χ4n) is 2.58. The summed E-state index contributed by atoms with van der Waals surface area (Å²) in [6, 6.07) is 6.78. The number of nitrogens with zero attached hydrogens (tertiary/aromatic N) is 1. The van der Waals surface area contributed by atoms with Crippen molar-refractivity contribution in [3.05, 3.63) is 24.3 Å². The summed E-state index contributed by atoms with van der Waals surface area (Å²) in [6.07, 6.45) is 4.62. The van der Waals surface area contributed by atoms with Crippen molar-refractivity contribution < 1.29 is 13.2 Å². The van der Waals surface area contributed by atoms with Crippen molar-refractivity contribution >= 4 is 21.4 Å². The Morgan fingerprint density at radius 2 is 2.14 bits per heavy atom. The molecule has 0 aromatic heterocycles. The van der Waals surface area contributed by atoms with Crippen LogP contribution in [0.1, 0.15) is 26.2 Å². The smallest absolute Gasteiger partial charge is 0.238 e. The van der Waals surface area contributed by atoms with Gasteiger partial charge in [0, 0.05) is 18.0 Å². The number of carbonyl (C=O) groups is 1. The minimum atomic E-state index is -3.26. The molecular formula is C15H22N2O3S. The average molecular weight is 310 g/mol. The number of nitrogens with one attached hydrogen (secondary N) is 1. The Morgan fingerprint density at radius 3 is 2.81 bits per heavy atom. The molecule has 1 atom stereocenters. The Hall–Kier alpha value is -1.40. The lowest BCUT2D eigenvalue weighted by Crippen LogP contribution is -2.42. The zero-order valence-corrected chi connectivity index (χ0v) is 13.3. The highest BCUT2D eigenvalue weighted by molar-refractivity contribution is 7.90. The van der Waals surface area contributed by atoms with E-state index in [-0.39, 0.29) is 10.8 Å². The van der Waals surface area contributed by atoms with Crippen LogP contribution < -0.4 is 5.32 Å². The maximum atomic E-state index is 12.1. The first-order chi connectivity index (χ1) is 9.86. The molecule has 6 heteroatoms. The highest BCUT2D eigenvalue weighted by Crippen LogP contribution is 2.17. The molecule has 1 N–H and O–H groups in total. The Kier molecular flexibility index (Phi) is 5.00. The van der Waals surface area contributed by atoms with Gasteiger partial charge in [-0.15, -0.1) is 0 Å². The van der Waals surface area contributed by atoms with Crippen LogP contribution in [-0.4, -0.2) is 44.6 Å². The molecule has 0 saturated carbocycles. The van der Waals surface area contributed by atoms with Crippen LogP contribution in [-0.2, 0) is 14.6 Å². The number of carbonyl (C=O) groups excluding carboxylic acids is 1. The molecule has 1 fully saturated rings. The summed E-state index contributed by atoms with van der Waals surface area (Å²) in [6.45, 7) is 3.43. The number of amides is 1. The van der Waals surface area contributed by atoms with Gasteiger partial charge in [0.1, 0.15) is 0 Å². The minimum absolute atomic E-state index is 0.102. The van der Waals surface area contributed by atoms with Crippen LogP contribution in [0.15, 0.2) is 29.2 Å². The molecule has 1 saturated heterocycles. The molecule has 1 aromatic rings. The lowest BCUT2D eigenvalue weighted by Gasteiger charge is -2.32. The van der Waals surface area contributed by atoms with Gasteiger partial charge in [-0.25, -0.2) is 8.42 Å². The SMILES string of the molecule is C[C@H]1CCCCN1CC(=O)Nc1cccc(S(C)(=O)=O)c1. The van der Waals surface area contributed by atoms with Gasteiger partial charge in [0.2, 0.25) is 5.91 Å². The molecule has 0 bridgehead atoms. The monoisotopic (exact) mass is 310 g/mol. The van der Waals surface area contributed by atoms with Crippen molar-refractivity contribution in [1.29, 1.82) is 0 Å². The second kappa shape index (κ2) is 6.58. The Morgan fingerprint density at radius 1 is 1.38 bits per heavy atom. The molecule has 1 aliphatic heterocycles. The molecule has 2 rings (SSSR count). The summed E-state index contributed by atoms with van der Waals surface area (Å²) >= 11 is 0. The van der Waals surface area contributed by atoms with Crippen LogP contribution >= 0.6 is 0 Å².